The molecule has 4 heteroatoms. The van der Waals surface area contributed by atoms with Crippen molar-refractivity contribution in [2.75, 3.05) is 11.5 Å². The molecule has 0 aromatic carbocycles. The Hall–Kier alpha value is 0.620. The summed E-state index contributed by atoms with van der Waals surface area (Å²) < 4.78 is -0.160. The lowest BCUT2D eigenvalue weighted by Crippen LogP contribution is -2.39. The van der Waals surface area contributed by atoms with Crippen LogP contribution < -0.4 is 0 Å². The highest BCUT2D eigenvalue weighted by atomic mass is 32.2. The summed E-state index contributed by atoms with van der Waals surface area (Å²) in [7, 11) is 0. The van der Waals surface area contributed by atoms with Gasteiger partial charge >= 0.3 is 0 Å². The van der Waals surface area contributed by atoms with Gasteiger partial charge < -0.3 is 10.2 Å². The quantitative estimate of drug-likeness (QED) is 0.762. The fraction of sp³-hybridized carbons (Fsp3) is 1.00. The normalized spacial score (nSPS) is 26.8. The summed E-state index contributed by atoms with van der Waals surface area (Å²) in [6, 6.07) is 0. The standard InChI is InChI=1S/C9H18O2S2/c1-7(10)6-9(8(2)11)12-4-3-5-13-9/h7-8,10-11H,3-6H2,1-2H3. The van der Waals surface area contributed by atoms with Gasteiger partial charge in [-0.2, -0.15) is 0 Å². The molecule has 0 aromatic heterocycles. The van der Waals surface area contributed by atoms with Crippen LogP contribution in [0.25, 0.3) is 0 Å². The molecule has 1 rings (SSSR count). The predicted octanol–water partition coefficient (Wildman–Crippen LogP) is 1.70. The molecule has 1 saturated heterocycles. The van der Waals surface area contributed by atoms with E-state index in [1.165, 1.54) is 6.42 Å². The van der Waals surface area contributed by atoms with Gasteiger partial charge in [-0.15, -0.1) is 23.5 Å². The average Bonchev–Trinajstić information content (AvgIpc) is 2.04. The van der Waals surface area contributed by atoms with E-state index in [-0.39, 0.29) is 16.3 Å². The fourth-order valence-corrected chi connectivity index (χ4v) is 5.02. The minimum absolute atomic E-state index is 0.160. The Morgan fingerprint density at radius 2 is 1.77 bits per heavy atom. The highest BCUT2D eigenvalue weighted by Gasteiger charge is 2.39. The first kappa shape index (κ1) is 11.7. The van der Waals surface area contributed by atoms with Crippen molar-refractivity contribution in [1.82, 2.24) is 0 Å². The molecule has 0 spiro atoms. The van der Waals surface area contributed by atoms with Gasteiger partial charge in [0.2, 0.25) is 0 Å². The topological polar surface area (TPSA) is 40.5 Å². The third-order valence-electron chi connectivity index (χ3n) is 2.20. The van der Waals surface area contributed by atoms with Crippen molar-refractivity contribution >= 4 is 23.5 Å². The SMILES string of the molecule is CC(O)CC1(C(C)O)SCCCS1. The van der Waals surface area contributed by atoms with Gasteiger partial charge in [0.15, 0.2) is 0 Å². The van der Waals surface area contributed by atoms with Crippen LogP contribution in [-0.4, -0.2) is 38.0 Å². The summed E-state index contributed by atoms with van der Waals surface area (Å²) in [5, 5.41) is 19.1. The molecule has 13 heavy (non-hydrogen) atoms. The molecule has 0 aliphatic carbocycles. The van der Waals surface area contributed by atoms with Crippen molar-refractivity contribution < 1.29 is 10.2 Å². The molecule has 2 unspecified atom stereocenters. The molecule has 0 aromatic rings. The van der Waals surface area contributed by atoms with Crippen molar-refractivity contribution in [3.05, 3.63) is 0 Å². The van der Waals surface area contributed by atoms with Crippen molar-refractivity contribution in [2.24, 2.45) is 0 Å². The molecule has 1 fully saturated rings. The van der Waals surface area contributed by atoms with Crippen LogP contribution in [0.15, 0.2) is 0 Å². The van der Waals surface area contributed by atoms with Crippen LogP contribution >= 0.6 is 23.5 Å². The molecule has 2 nitrogen and oxygen atoms in total. The number of aliphatic hydroxyl groups excluding tert-OH is 2. The minimum Gasteiger partial charge on any atom is -0.393 e. The van der Waals surface area contributed by atoms with Gasteiger partial charge in [0.1, 0.15) is 0 Å². The Kier molecular flexibility index (Phi) is 4.42. The molecule has 1 aliphatic rings. The maximum atomic E-state index is 9.72. The monoisotopic (exact) mass is 222 g/mol. The summed E-state index contributed by atoms with van der Waals surface area (Å²) in [5.74, 6) is 2.20. The Bertz CT molecular complexity index is 154. The molecule has 0 amide bonds. The second-order valence-corrected chi connectivity index (χ2v) is 6.70. The molecular formula is C9H18O2S2. The molecule has 1 heterocycles. The van der Waals surface area contributed by atoms with Crippen LogP contribution in [0.5, 0.6) is 0 Å². The van der Waals surface area contributed by atoms with E-state index in [0.717, 1.165) is 11.5 Å². The summed E-state index contributed by atoms with van der Waals surface area (Å²) >= 11 is 3.60. The number of hydrogen-bond acceptors (Lipinski definition) is 4. The maximum Gasteiger partial charge on any atom is 0.0890 e. The van der Waals surface area contributed by atoms with Gasteiger partial charge in [0.25, 0.3) is 0 Å². The van der Waals surface area contributed by atoms with Crippen molar-refractivity contribution in [1.29, 1.82) is 0 Å². The Morgan fingerprint density at radius 3 is 2.15 bits per heavy atom. The number of hydrogen-bond donors (Lipinski definition) is 2. The van der Waals surface area contributed by atoms with Crippen molar-refractivity contribution in [3.8, 4) is 0 Å². The van der Waals surface area contributed by atoms with Gasteiger partial charge in [0, 0.05) is 0 Å². The molecule has 2 N–H and O–H groups in total. The third kappa shape index (κ3) is 3.05. The van der Waals surface area contributed by atoms with Crippen LogP contribution in [0, 0.1) is 0 Å². The van der Waals surface area contributed by atoms with Crippen LogP contribution in [0.4, 0.5) is 0 Å². The average molecular weight is 222 g/mol. The lowest BCUT2D eigenvalue weighted by molar-refractivity contribution is 0.129. The lowest BCUT2D eigenvalue weighted by atomic mass is 10.1. The highest BCUT2D eigenvalue weighted by molar-refractivity contribution is 8.18. The van der Waals surface area contributed by atoms with E-state index in [4.69, 9.17) is 0 Å². The Labute approximate surface area is 88.5 Å². The van der Waals surface area contributed by atoms with E-state index in [9.17, 15) is 10.2 Å². The summed E-state index contributed by atoms with van der Waals surface area (Å²) in [5.41, 5.74) is 0. The summed E-state index contributed by atoms with van der Waals surface area (Å²) in [4.78, 5) is 0. The van der Waals surface area contributed by atoms with Gasteiger partial charge in [-0.05, 0) is 38.2 Å². The minimum atomic E-state index is -0.350. The van der Waals surface area contributed by atoms with E-state index >= 15 is 0 Å². The first-order chi connectivity index (χ1) is 6.07. The molecular weight excluding hydrogens is 204 g/mol. The smallest absolute Gasteiger partial charge is 0.0890 e. The van der Waals surface area contributed by atoms with E-state index in [1.54, 1.807) is 30.4 Å². The molecule has 78 valence electrons. The molecule has 0 radical (unpaired) electrons. The van der Waals surface area contributed by atoms with Crippen LogP contribution in [-0.2, 0) is 0 Å². The van der Waals surface area contributed by atoms with Gasteiger partial charge in [0.05, 0.1) is 16.3 Å². The molecule has 0 bridgehead atoms. The zero-order chi connectivity index (χ0) is 9.90. The highest BCUT2D eigenvalue weighted by Crippen LogP contribution is 2.47. The first-order valence-corrected chi connectivity index (χ1v) is 6.68. The van der Waals surface area contributed by atoms with Gasteiger partial charge in [-0.25, -0.2) is 0 Å². The number of aliphatic hydroxyl groups is 2. The van der Waals surface area contributed by atoms with Crippen molar-refractivity contribution in [3.63, 3.8) is 0 Å². The third-order valence-corrected chi connectivity index (χ3v) is 5.88. The Balaban J connectivity index is 2.61. The van der Waals surface area contributed by atoms with Crippen LogP contribution in [0.3, 0.4) is 0 Å². The molecule has 0 saturated carbocycles. The van der Waals surface area contributed by atoms with E-state index in [0.29, 0.717) is 6.42 Å². The fourth-order valence-electron chi connectivity index (χ4n) is 1.53. The Morgan fingerprint density at radius 1 is 1.23 bits per heavy atom. The van der Waals surface area contributed by atoms with Crippen molar-refractivity contribution in [2.45, 2.75) is 43.0 Å². The van der Waals surface area contributed by atoms with Crippen LogP contribution in [0.1, 0.15) is 26.7 Å². The largest absolute Gasteiger partial charge is 0.393 e. The van der Waals surface area contributed by atoms with Gasteiger partial charge in [-0.1, -0.05) is 0 Å². The molecule has 2 atom stereocenters. The maximum absolute atomic E-state index is 9.72. The first-order valence-electron chi connectivity index (χ1n) is 4.71. The zero-order valence-electron chi connectivity index (χ0n) is 8.19. The number of rotatable bonds is 3. The zero-order valence-corrected chi connectivity index (χ0v) is 9.83. The second kappa shape index (κ2) is 4.91. The molecule has 1 aliphatic heterocycles. The van der Waals surface area contributed by atoms with E-state index in [1.807, 2.05) is 6.92 Å². The van der Waals surface area contributed by atoms with E-state index in [2.05, 4.69) is 0 Å². The van der Waals surface area contributed by atoms with E-state index < -0.39 is 0 Å². The van der Waals surface area contributed by atoms with Crippen LogP contribution in [0.2, 0.25) is 0 Å². The summed E-state index contributed by atoms with van der Waals surface area (Å²) in [6.07, 6.45) is 1.22. The number of thioether (sulfide) groups is 2. The van der Waals surface area contributed by atoms with Gasteiger partial charge in [-0.3, -0.25) is 0 Å². The predicted molar refractivity (Wildman–Crippen MR) is 60.2 cm³/mol. The lowest BCUT2D eigenvalue weighted by Gasteiger charge is -2.39. The second-order valence-electron chi connectivity index (χ2n) is 3.59. The summed E-state index contributed by atoms with van der Waals surface area (Å²) in [6.45, 7) is 3.62.